The fraction of sp³-hybridized carbons (Fsp3) is 0.462. The number of carbonyl (C=O) groups excluding carboxylic acids is 1. The monoisotopic (exact) mass is 218 g/mol. The largest absolute Gasteiger partial charge is 0.335 e. The third-order valence-electron chi connectivity index (χ3n) is 2.98. The van der Waals surface area contributed by atoms with E-state index in [0.29, 0.717) is 12.6 Å². The van der Waals surface area contributed by atoms with Gasteiger partial charge in [-0.1, -0.05) is 29.8 Å². The predicted molar refractivity (Wildman–Crippen MR) is 64.2 cm³/mol. The molecular formula is C13H18N2O. The summed E-state index contributed by atoms with van der Waals surface area (Å²) >= 11 is 0. The number of urea groups is 1. The molecule has 1 saturated carbocycles. The number of hydrogen-bond donors (Lipinski definition) is 2. The first-order valence-electron chi connectivity index (χ1n) is 5.84. The Morgan fingerprint density at radius 1 is 1.44 bits per heavy atom. The van der Waals surface area contributed by atoms with Crippen LogP contribution in [0.15, 0.2) is 24.3 Å². The summed E-state index contributed by atoms with van der Waals surface area (Å²) < 4.78 is 0. The molecule has 0 bridgehead atoms. The Kier molecular flexibility index (Phi) is 3.44. The molecular weight excluding hydrogens is 200 g/mol. The lowest BCUT2D eigenvalue weighted by Gasteiger charge is -2.26. The van der Waals surface area contributed by atoms with Crippen molar-refractivity contribution in [3.05, 3.63) is 35.4 Å². The Bertz CT molecular complexity index is 372. The number of amides is 2. The number of benzene rings is 1. The molecule has 0 aromatic heterocycles. The zero-order chi connectivity index (χ0) is 11.4. The van der Waals surface area contributed by atoms with E-state index < -0.39 is 0 Å². The van der Waals surface area contributed by atoms with E-state index in [1.54, 1.807) is 0 Å². The maximum Gasteiger partial charge on any atom is 0.315 e. The SMILES string of the molecule is Cc1cccc(CNC(=O)NC2CCC2)c1. The number of aryl methyl sites for hydroxylation is 1. The molecule has 16 heavy (non-hydrogen) atoms. The molecule has 0 atom stereocenters. The maximum absolute atomic E-state index is 11.5. The summed E-state index contributed by atoms with van der Waals surface area (Å²) in [6, 6.07) is 8.53. The van der Waals surface area contributed by atoms with Crippen molar-refractivity contribution >= 4 is 6.03 Å². The highest BCUT2D eigenvalue weighted by Crippen LogP contribution is 2.17. The van der Waals surface area contributed by atoms with E-state index in [-0.39, 0.29) is 6.03 Å². The van der Waals surface area contributed by atoms with Crippen LogP contribution < -0.4 is 10.6 Å². The van der Waals surface area contributed by atoms with Crippen molar-refractivity contribution in [1.29, 1.82) is 0 Å². The summed E-state index contributed by atoms with van der Waals surface area (Å²) in [4.78, 5) is 11.5. The molecule has 0 saturated heterocycles. The quantitative estimate of drug-likeness (QED) is 0.803. The fourth-order valence-electron chi connectivity index (χ4n) is 1.79. The summed E-state index contributed by atoms with van der Waals surface area (Å²) in [5.74, 6) is 0. The highest BCUT2D eigenvalue weighted by Gasteiger charge is 2.18. The van der Waals surface area contributed by atoms with E-state index >= 15 is 0 Å². The van der Waals surface area contributed by atoms with Gasteiger partial charge >= 0.3 is 6.03 Å². The molecule has 1 aromatic carbocycles. The third kappa shape index (κ3) is 2.99. The van der Waals surface area contributed by atoms with Crippen molar-refractivity contribution < 1.29 is 4.79 Å². The third-order valence-corrected chi connectivity index (χ3v) is 2.98. The molecule has 1 aromatic rings. The lowest BCUT2D eigenvalue weighted by atomic mass is 9.93. The van der Waals surface area contributed by atoms with E-state index in [1.807, 2.05) is 12.1 Å². The molecule has 0 aliphatic heterocycles. The van der Waals surface area contributed by atoms with Gasteiger partial charge in [0, 0.05) is 12.6 Å². The van der Waals surface area contributed by atoms with Gasteiger partial charge in [-0.3, -0.25) is 0 Å². The smallest absolute Gasteiger partial charge is 0.315 e. The van der Waals surface area contributed by atoms with Gasteiger partial charge in [0.15, 0.2) is 0 Å². The highest BCUT2D eigenvalue weighted by atomic mass is 16.2. The van der Waals surface area contributed by atoms with Crippen LogP contribution in [0.2, 0.25) is 0 Å². The van der Waals surface area contributed by atoms with Gasteiger partial charge in [0.2, 0.25) is 0 Å². The van der Waals surface area contributed by atoms with Gasteiger partial charge in [0.1, 0.15) is 0 Å². The summed E-state index contributed by atoms with van der Waals surface area (Å²) in [6.45, 7) is 2.65. The normalized spacial score (nSPS) is 15.3. The fourth-order valence-corrected chi connectivity index (χ4v) is 1.79. The summed E-state index contributed by atoms with van der Waals surface area (Å²) in [7, 11) is 0. The molecule has 1 fully saturated rings. The minimum absolute atomic E-state index is 0.0498. The Balaban J connectivity index is 1.75. The molecule has 0 radical (unpaired) electrons. The van der Waals surface area contributed by atoms with Crippen molar-refractivity contribution in [3.8, 4) is 0 Å². The minimum atomic E-state index is -0.0498. The standard InChI is InChI=1S/C13H18N2O/c1-10-4-2-5-11(8-10)9-14-13(16)15-12-6-3-7-12/h2,4-5,8,12H,3,6-7,9H2,1H3,(H2,14,15,16). The summed E-state index contributed by atoms with van der Waals surface area (Å²) in [6.07, 6.45) is 3.48. The van der Waals surface area contributed by atoms with E-state index in [2.05, 4.69) is 29.7 Å². The first-order valence-corrected chi connectivity index (χ1v) is 5.84. The first-order chi connectivity index (χ1) is 7.74. The van der Waals surface area contributed by atoms with Crippen LogP contribution >= 0.6 is 0 Å². The van der Waals surface area contributed by atoms with Gasteiger partial charge in [0.25, 0.3) is 0 Å². The van der Waals surface area contributed by atoms with Gasteiger partial charge in [0.05, 0.1) is 0 Å². The molecule has 0 spiro atoms. The van der Waals surface area contributed by atoms with Crippen LogP contribution in [0.5, 0.6) is 0 Å². The molecule has 2 N–H and O–H groups in total. The highest BCUT2D eigenvalue weighted by molar-refractivity contribution is 5.74. The maximum atomic E-state index is 11.5. The van der Waals surface area contributed by atoms with Gasteiger partial charge < -0.3 is 10.6 Å². The van der Waals surface area contributed by atoms with Crippen molar-refractivity contribution in [3.63, 3.8) is 0 Å². The Hall–Kier alpha value is -1.51. The van der Waals surface area contributed by atoms with Crippen LogP contribution in [0.25, 0.3) is 0 Å². The van der Waals surface area contributed by atoms with Crippen LogP contribution in [0.3, 0.4) is 0 Å². The van der Waals surface area contributed by atoms with Gasteiger partial charge in [-0.2, -0.15) is 0 Å². The number of hydrogen-bond acceptors (Lipinski definition) is 1. The van der Waals surface area contributed by atoms with Crippen molar-refractivity contribution in [2.75, 3.05) is 0 Å². The van der Waals surface area contributed by atoms with E-state index in [0.717, 1.165) is 18.4 Å². The molecule has 2 rings (SSSR count). The molecule has 0 unspecified atom stereocenters. The van der Waals surface area contributed by atoms with Crippen molar-refractivity contribution in [2.24, 2.45) is 0 Å². The Morgan fingerprint density at radius 2 is 2.25 bits per heavy atom. The van der Waals surface area contributed by atoms with Crippen LogP contribution in [0, 0.1) is 6.92 Å². The van der Waals surface area contributed by atoms with Gasteiger partial charge in [-0.05, 0) is 31.7 Å². The summed E-state index contributed by atoms with van der Waals surface area (Å²) in [5.41, 5.74) is 2.36. The van der Waals surface area contributed by atoms with Crippen molar-refractivity contribution in [2.45, 2.75) is 38.8 Å². The zero-order valence-electron chi connectivity index (χ0n) is 9.62. The number of carbonyl (C=O) groups is 1. The molecule has 86 valence electrons. The Morgan fingerprint density at radius 3 is 2.88 bits per heavy atom. The summed E-state index contributed by atoms with van der Waals surface area (Å²) in [5, 5.41) is 5.83. The van der Waals surface area contributed by atoms with Crippen LogP contribution in [0.1, 0.15) is 30.4 Å². The van der Waals surface area contributed by atoms with Gasteiger partial charge in [-0.25, -0.2) is 4.79 Å². The Labute approximate surface area is 96.2 Å². The molecule has 3 heteroatoms. The average molecular weight is 218 g/mol. The lowest BCUT2D eigenvalue weighted by molar-refractivity contribution is 0.228. The second-order valence-electron chi connectivity index (χ2n) is 4.44. The van der Waals surface area contributed by atoms with Crippen LogP contribution in [-0.4, -0.2) is 12.1 Å². The van der Waals surface area contributed by atoms with Crippen molar-refractivity contribution in [1.82, 2.24) is 10.6 Å². The molecule has 0 heterocycles. The second-order valence-corrected chi connectivity index (χ2v) is 4.44. The van der Waals surface area contributed by atoms with E-state index in [4.69, 9.17) is 0 Å². The lowest BCUT2D eigenvalue weighted by Crippen LogP contribution is -2.44. The van der Waals surface area contributed by atoms with Crippen LogP contribution in [0.4, 0.5) is 4.79 Å². The van der Waals surface area contributed by atoms with Crippen LogP contribution in [-0.2, 0) is 6.54 Å². The minimum Gasteiger partial charge on any atom is -0.335 e. The first kappa shape index (κ1) is 11.0. The number of rotatable bonds is 3. The average Bonchev–Trinajstić information content (AvgIpc) is 2.21. The zero-order valence-corrected chi connectivity index (χ0v) is 9.62. The molecule has 1 aliphatic rings. The molecule has 3 nitrogen and oxygen atoms in total. The molecule has 1 aliphatic carbocycles. The van der Waals surface area contributed by atoms with E-state index in [1.165, 1.54) is 12.0 Å². The predicted octanol–water partition coefficient (Wildman–Crippen LogP) is 2.35. The second kappa shape index (κ2) is 5.01. The number of nitrogens with one attached hydrogen (secondary N) is 2. The molecule has 2 amide bonds. The topological polar surface area (TPSA) is 41.1 Å². The van der Waals surface area contributed by atoms with E-state index in [9.17, 15) is 4.79 Å². The van der Waals surface area contributed by atoms with Gasteiger partial charge in [-0.15, -0.1) is 0 Å².